The van der Waals surface area contributed by atoms with Crippen LogP contribution in [0, 0.1) is 0 Å². The molecular weight excluding hydrogens is 289 g/mol. The first-order valence-electron chi connectivity index (χ1n) is 5.63. The number of amides is 1. The third-order valence-electron chi connectivity index (χ3n) is 2.66. The molecule has 0 saturated carbocycles. The zero-order chi connectivity index (χ0) is 14.7. The van der Waals surface area contributed by atoms with Crippen molar-refractivity contribution >= 4 is 16.0 Å². The van der Waals surface area contributed by atoms with Crippen molar-refractivity contribution in [3.05, 3.63) is 48.0 Å². The summed E-state index contributed by atoms with van der Waals surface area (Å²) in [5.41, 5.74) is -0.370. The molecular formula is C13H18NNaO4S. The van der Waals surface area contributed by atoms with E-state index in [2.05, 4.69) is 11.9 Å². The van der Waals surface area contributed by atoms with Crippen LogP contribution < -0.4 is 34.9 Å². The van der Waals surface area contributed by atoms with Crippen molar-refractivity contribution < 1.29 is 48.7 Å². The summed E-state index contributed by atoms with van der Waals surface area (Å²) >= 11 is 0. The van der Waals surface area contributed by atoms with Gasteiger partial charge in [0.25, 0.3) is 10.1 Å². The summed E-state index contributed by atoms with van der Waals surface area (Å²) in [5.74, 6) is -1.07. The second kappa shape index (κ2) is 7.38. The molecule has 0 bridgehead atoms. The van der Waals surface area contributed by atoms with Gasteiger partial charge in [0.2, 0.25) is 5.91 Å². The predicted octanol–water partition coefficient (Wildman–Crippen LogP) is -1.40. The van der Waals surface area contributed by atoms with Gasteiger partial charge in [-0.1, -0.05) is 36.9 Å². The van der Waals surface area contributed by atoms with Crippen molar-refractivity contribution in [3.8, 4) is 0 Å². The molecule has 1 amide bonds. The van der Waals surface area contributed by atoms with Gasteiger partial charge in [-0.25, -0.2) is 0 Å². The summed E-state index contributed by atoms with van der Waals surface area (Å²) in [7, 11) is -4.25. The SMILES string of the molecule is C=C(C)C(=O)NC(C)(CS(=O)(=O)O)c1ccccc1.[H-].[Na+]. The molecule has 0 heterocycles. The number of carbonyl (C=O) groups excluding carboxylic acids is 1. The van der Waals surface area contributed by atoms with E-state index >= 15 is 0 Å². The summed E-state index contributed by atoms with van der Waals surface area (Å²) in [6.07, 6.45) is 0. The van der Waals surface area contributed by atoms with Crippen LogP contribution in [0.15, 0.2) is 42.5 Å². The fourth-order valence-corrected chi connectivity index (χ4v) is 2.69. The summed E-state index contributed by atoms with van der Waals surface area (Å²) in [6.45, 7) is 6.57. The average molecular weight is 307 g/mol. The molecule has 7 heteroatoms. The van der Waals surface area contributed by atoms with Crippen LogP contribution in [0.5, 0.6) is 0 Å². The van der Waals surface area contributed by atoms with Gasteiger partial charge in [-0.15, -0.1) is 0 Å². The summed E-state index contributed by atoms with van der Waals surface area (Å²) in [4.78, 5) is 11.7. The molecule has 1 unspecified atom stereocenters. The van der Waals surface area contributed by atoms with Crippen molar-refractivity contribution in [1.29, 1.82) is 0 Å². The van der Waals surface area contributed by atoms with E-state index in [1.165, 1.54) is 13.8 Å². The summed E-state index contributed by atoms with van der Waals surface area (Å²) in [5, 5.41) is 2.59. The largest absolute Gasteiger partial charge is 1.00 e. The summed E-state index contributed by atoms with van der Waals surface area (Å²) in [6, 6.07) is 8.60. The maximum Gasteiger partial charge on any atom is 1.00 e. The fourth-order valence-electron chi connectivity index (χ4n) is 1.72. The van der Waals surface area contributed by atoms with E-state index in [1.54, 1.807) is 30.3 Å². The van der Waals surface area contributed by atoms with E-state index in [-0.39, 0.29) is 36.6 Å². The first-order valence-corrected chi connectivity index (χ1v) is 7.24. The van der Waals surface area contributed by atoms with Crippen LogP contribution in [0.3, 0.4) is 0 Å². The molecule has 0 aliphatic carbocycles. The first kappa shape index (κ1) is 19.3. The predicted molar refractivity (Wildman–Crippen MR) is 74.3 cm³/mol. The minimum Gasteiger partial charge on any atom is -1.00 e. The van der Waals surface area contributed by atoms with Crippen molar-refractivity contribution in [2.45, 2.75) is 19.4 Å². The molecule has 0 aliphatic rings. The molecule has 1 rings (SSSR count). The molecule has 0 spiro atoms. The van der Waals surface area contributed by atoms with Crippen molar-refractivity contribution in [1.82, 2.24) is 5.32 Å². The minimum atomic E-state index is -4.25. The van der Waals surface area contributed by atoms with Gasteiger partial charge in [-0.05, 0) is 19.4 Å². The van der Waals surface area contributed by atoms with Gasteiger partial charge in [0.1, 0.15) is 5.75 Å². The second-order valence-electron chi connectivity index (χ2n) is 4.66. The molecule has 5 nitrogen and oxygen atoms in total. The van der Waals surface area contributed by atoms with Crippen LogP contribution in [0.1, 0.15) is 20.8 Å². The molecule has 0 radical (unpaired) electrons. The molecule has 0 fully saturated rings. The van der Waals surface area contributed by atoms with Gasteiger partial charge < -0.3 is 6.74 Å². The Bertz CT molecular complexity index is 591. The van der Waals surface area contributed by atoms with Gasteiger partial charge in [-0.2, -0.15) is 8.42 Å². The van der Waals surface area contributed by atoms with Crippen molar-refractivity contribution in [2.75, 3.05) is 5.75 Å². The Labute approximate surface area is 143 Å². The number of hydrogen-bond acceptors (Lipinski definition) is 3. The Morgan fingerprint density at radius 1 is 1.40 bits per heavy atom. The molecule has 20 heavy (non-hydrogen) atoms. The smallest absolute Gasteiger partial charge is 1.00 e. The molecule has 1 aromatic rings. The zero-order valence-electron chi connectivity index (χ0n) is 12.9. The third kappa shape index (κ3) is 5.76. The van der Waals surface area contributed by atoms with Crippen LogP contribution in [0.4, 0.5) is 0 Å². The van der Waals surface area contributed by atoms with Gasteiger partial charge in [-0.3, -0.25) is 9.35 Å². The summed E-state index contributed by atoms with van der Waals surface area (Å²) < 4.78 is 31.4. The number of benzene rings is 1. The second-order valence-corrected chi connectivity index (χ2v) is 6.11. The minimum absolute atomic E-state index is 0. The first-order chi connectivity index (χ1) is 8.64. The molecule has 1 aromatic carbocycles. The molecule has 0 aliphatic heterocycles. The maximum absolute atomic E-state index is 11.7. The van der Waals surface area contributed by atoms with E-state index < -0.39 is 27.3 Å². The van der Waals surface area contributed by atoms with Crippen molar-refractivity contribution in [3.63, 3.8) is 0 Å². The van der Waals surface area contributed by atoms with Crippen LogP contribution in [0.25, 0.3) is 0 Å². The van der Waals surface area contributed by atoms with E-state index in [1.807, 2.05) is 0 Å². The Morgan fingerprint density at radius 2 is 1.90 bits per heavy atom. The van der Waals surface area contributed by atoms with E-state index in [0.29, 0.717) is 5.56 Å². The Balaban J connectivity index is 0. The van der Waals surface area contributed by atoms with Gasteiger partial charge in [0.15, 0.2) is 0 Å². The van der Waals surface area contributed by atoms with Crippen molar-refractivity contribution in [2.24, 2.45) is 0 Å². The maximum atomic E-state index is 11.7. The van der Waals surface area contributed by atoms with E-state index in [4.69, 9.17) is 4.55 Å². The normalized spacial score (nSPS) is 13.8. The quantitative estimate of drug-likeness (QED) is 0.398. The number of rotatable bonds is 5. The standard InChI is InChI=1S/C13H17NO4S.Na.H/c1-10(2)12(15)14-13(3,9-19(16,17)18)11-7-5-4-6-8-11;;/h4-8H,1,9H2,2-3H3,(H,14,15)(H,16,17,18);;/q;+1;-1. The Hall–Kier alpha value is -0.660. The Morgan fingerprint density at radius 3 is 2.30 bits per heavy atom. The topological polar surface area (TPSA) is 83.5 Å². The van der Waals surface area contributed by atoms with Gasteiger partial charge in [0, 0.05) is 5.57 Å². The monoisotopic (exact) mass is 307 g/mol. The van der Waals surface area contributed by atoms with E-state index in [0.717, 1.165) is 0 Å². The number of carbonyl (C=O) groups is 1. The van der Waals surface area contributed by atoms with Gasteiger partial charge in [0.05, 0.1) is 5.54 Å². The Kier molecular flexibility index (Phi) is 7.13. The van der Waals surface area contributed by atoms with Crippen LogP contribution in [0.2, 0.25) is 0 Å². The molecule has 2 N–H and O–H groups in total. The van der Waals surface area contributed by atoms with Gasteiger partial charge >= 0.3 is 29.6 Å². The molecule has 1 atom stereocenters. The number of hydrogen-bond donors (Lipinski definition) is 2. The molecule has 0 aromatic heterocycles. The fraction of sp³-hybridized carbons (Fsp3) is 0.308. The third-order valence-corrected chi connectivity index (χ3v) is 3.60. The van der Waals surface area contributed by atoms with Crippen LogP contribution in [-0.4, -0.2) is 24.6 Å². The van der Waals surface area contributed by atoms with Crippen LogP contribution in [-0.2, 0) is 20.5 Å². The van der Waals surface area contributed by atoms with Crippen LogP contribution >= 0.6 is 0 Å². The molecule has 106 valence electrons. The number of nitrogens with one attached hydrogen (secondary N) is 1. The molecule has 0 saturated heterocycles. The zero-order valence-corrected chi connectivity index (χ0v) is 14.7. The average Bonchev–Trinajstić information content (AvgIpc) is 2.27. The van der Waals surface area contributed by atoms with E-state index in [9.17, 15) is 13.2 Å².